The maximum absolute atomic E-state index is 11.0. The second-order valence-electron chi connectivity index (χ2n) is 3.46. The highest BCUT2D eigenvalue weighted by Crippen LogP contribution is 2.23. The highest BCUT2D eigenvalue weighted by molar-refractivity contribution is 7.89. The van der Waals surface area contributed by atoms with Crippen molar-refractivity contribution in [3.8, 4) is 5.75 Å². The van der Waals surface area contributed by atoms with Gasteiger partial charge < -0.3 is 5.11 Å². The molecule has 14 heavy (non-hydrogen) atoms. The number of rotatable bonds is 2. The quantitative estimate of drug-likeness (QED) is 0.776. The molecule has 0 aromatic heterocycles. The van der Waals surface area contributed by atoms with Crippen LogP contribution in [0.1, 0.15) is 25.3 Å². The predicted molar refractivity (Wildman–Crippen MR) is 53.6 cm³/mol. The van der Waals surface area contributed by atoms with Crippen LogP contribution >= 0.6 is 0 Å². The summed E-state index contributed by atoms with van der Waals surface area (Å²) >= 11 is 0. The van der Waals surface area contributed by atoms with E-state index in [0.717, 1.165) is 11.6 Å². The Bertz CT molecular complexity index is 437. The van der Waals surface area contributed by atoms with Crippen molar-refractivity contribution < 1.29 is 13.5 Å². The second kappa shape index (κ2) is 3.59. The first-order valence-corrected chi connectivity index (χ1v) is 5.72. The summed E-state index contributed by atoms with van der Waals surface area (Å²) in [5.41, 5.74) is 0.744. The Labute approximate surface area is 83.4 Å². The average molecular weight is 215 g/mol. The molecule has 78 valence electrons. The maximum atomic E-state index is 11.0. The molecule has 0 atom stereocenters. The molecule has 1 rings (SSSR count). The van der Waals surface area contributed by atoms with Crippen LogP contribution in [0.2, 0.25) is 0 Å². The standard InChI is InChI=1S/C9H13NO3S/c1-6(2)7-3-8(11)5-9(4-7)14(10,12)13/h3-6,11H,1-2H3,(H2,10,12,13). The minimum Gasteiger partial charge on any atom is -0.508 e. The zero-order chi connectivity index (χ0) is 10.9. The molecule has 0 aliphatic carbocycles. The first-order chi connectivity index (χ1) is 6.30. The lowest BCUT2D eigenvalue weighted by atomic mass is 10.0. The van der Waals surface area contributed by atoms with E-state index in [-0.39, 0.29) is 16.6 Å². The van der Waals surface area contributed by atoms with E-state index in [2.05, 4.69) is 0 Å². The molecule has 1 aromatic rings. The topological polar surface area (TPSA) is 80.4 Å². The fourth-order valence-corrected chi connectivity index (χ4v) is 1.69. The van der Waals surface area contributed by atoms with E-state index in [1.54, 1.807) is 0 Å². The van der Waals surface area contributed by atoms with Gasteiger partial charge in [0.25, 0.3) is 0 Å². The number of aromatic hydroxyl groups is 1. The largest absolute Gasteiger partial charge is 0.508 e. The van der Waals surface area contributed by atoms with Crippen LogP contribution in [0.25, 0.3) is 0 Å². The van der Waals surface area contributed by atoms with Crippen molar-refractivity contribution in [1.82, 2.24) is 0 Å². The molecule has 0 aliphatic heterocycles. The Morgan fingerprint density at radius 2 is 1.86 bits per heavy atom. The Kier molecular flexibility index (Phi) is 2.82. The zero-order valence-corrected chi connectivity index (χ0v) is 8.88. The lowest BCUT2D eigenvalue weighted by molar-refractivity contribution is 0.471. The molecule has 0 heterocycles. The summed E-state index contributed by atoms with van der Waals surface area (Å²) in [6.07, 6.45) is 0. The van der Waals surface area contributed by atoms with Gasteiger partial charge in [-0.05, 0) is 29.7 Å². The number of sulfonamides is 1. The highest BCUT2D eigenvalue weighted by atomic mass is 32.2. The van der Waals surface area contributed by atoms with Crippen molar-refractivity contribution in [2.24, 2.45) is 5.14 Å². The predicted octanol–water partition coefficient (Wildman–Crippen LogP) is 1.16. The van der Waals surface area contributed by atoms with E-state index in [1.165, 1.54) is 12.1 Å². The summed E-state index contributed by atoms with van der Waals surface area (Å²) in [5.74, 6) is 0.0582. The summed E-state index contributed by atoms with van der Waals surface area (Å²) in [6, 6.07) is 4.14. The van der Waals surface area contributed by atoms with Gasteiger partial charge in [-0.2, -0.15) is 0 Å². The Balaban J connectivity index is 3.35. The van der Waals surface area contributed by atoms with Gasteiger partial charge in [-0.25, -0.2) is 13.6 Å². The summed E-state index contributed by atoms with van der Waals surface area (Å²) in [5, 5.41) is 14.2. The normalized spacial score (nSPS) is 12.0. The van der Waals surface area contributed by atoms with Gasteiger partial charge in [0.05, 0.1) is 4.90 Å². The van der Waals surface area contributed by atoms with Crippen molar-refractivity contribution in [3.05, 3.63) is 23.8 Å². The van der Waals surface area contributed by atoms with Crippen LogP contribution in [0, 0.1) is 0 Å². The smallest absolute Gasteiger partial charge is 0.238 e. The second-order valence-corrected chi connectivity index (χ2v) is 5.02. The van der Waals surface area contributed by atoms with Crippen LogP contribution in [0.4, 0.5) is 0 Å². The molecule has 0 fully saturated rings. The van der Waals surface area contributed by atoms with Crippen LogP contribution in [-0.2, 0) is 10.0 Å². The van der Waals surface area contributed by atoms with E-state index in [0.29, 0.717) is 0 Å². The zero-order valence-electron chi connectivity index (χ0n) is 8.06. The third-order valence-electron chi connectivity index (χ3n) is 1.91. The Morgan fingerprint density at radius 3 is 2.29 bits per heavy atom. The van der Waals surface area contributed by atoms with Crippen LogP contribution in [0.3, 0.4) is 0 Å². The number of hydrogen-bond acceptors (Lipinski definition) is 3. The van der Waals surface area contributed by atoms with Crippen molar-refractivity contribution in [2.75, 3.05) is 0 Å². The first kappa shape index (κ1) is 11.0. The van der Waals surface area contributed by atoms with Crippen molar-refractivity contribution in [2.45, 2.75) is 24.7 Å². The SMILES string of the molecule is CC(C)c1cc(O)cc(S(N)(=O)=O)c1. The van der Waals surface area contributed by atoms with Crippen LogP contribution in [0.15, 0.2) is 23.1 Å². The molecule has 1 aromatic carbocycles. The van der Waals surface area contributed by atoms with Gasteiger partial charge in [-0.15, -0.1) is 0 Å². The molecular weight excluding hydrogens is 202 g/mol. The maximum Gasteiger partial charge on any atom is 0.238 e. The average Bonchev–Trinajstić information content (AvgIpc) is 2.01. The molecular formula is C9H13NO3S. The summed E-state index contributed by atoms with van der Waals surface area (Å²) < 4.78 is 22.1. The summed E-state index contributed by atoms with van der Waals surface area (Å²) in [4.78, 5) is -0.0544. The molecule has 0 saturated heterocycles. The van der Waals surface area contributed by atoms with Crippen molar-refractivity contribution >= 4 is 10.0 Å². The van der Waals surface area contributed by atoms with E-state index in [9.17, 15) is 13.5 Å². The molecule has 0 unspecified atom stereocenters. The molecule has 0 spiro atoms. The van der Waals surface area contributed by atoms with Crippen molar-refractivity contribution in [3.63, 3.8) is 0 Å². The third kappa shape index (κ3) is 2.46. The number of phenolic OH excluding ortho intramolecular Hbond substituents is 1. The van der Waals surface area contributed by atoms with Crippen LogP contribution in [-0.4, -0.2) is 13.5 Å². The first-order valence-electron chi connectivity index (χ1n) is 4.17. The van der Waals surface area contributed by atoms with Crippen LogP contribution < -0.4 is 5.14 Å². The van der Waals surface area contributed by atoms with Gasteiger partial charge in [0.15, 0.2) is 0 Å². The number of primary sulfonamides is 1. The molecule has 4 nitrogen and oxygen atoms in total. The molecule has 0 saturated carbocycles. The van der Waals surface area contributed by atoms with Gasteiger partial charge in [0, 0.05) is 0 Å². The number of hydrogen-bond donors (Lipinski definition) is 2. The summed E-state index contributed by atoms with van der Waals surface area (Å²) in [6.45, 7) is 3.81. The van der Waals surface area contributed by atoms with Gasteiger partial charge in [-0.3, -0.25) is 0 Å². The van der Waals surface area contributed by atoms with Crippen LogP contribution in [0.5, 0.6) is 5.75 Å². The molecule has 0 bridgehead atoms. The number of benzene rings is 1. The Morgan fingerprint density at radius 1 is 1.29 bits per heavy atom. The van der Waals surface area contributed by atoms with E-state index in [4.69, 9.17) is 5.14 Å². The molecule has 0 aliphatic rings. The minimum absolute atomic E-state index is 0.0544. The Hall–Kier alpha value is -1.07. The van der Waals surface area contributed by atoms with E-state index in [1.807, 2.05) is 13.8 Å². The minimum atomic E-state index is -3.74. The molecule has 0 radical (unpaired) electrons. The summed E-state index contributed by atoms with van der Waals surface area (Å²) in [7, 11) is -3.74. The van der Waals surface area contributed by atoms with Gasteiger partial charge >= 0.3 is 0 Å². The fraction of sp³-hybridized carbons (Fsp3) is 0.333. The number of phenols is 1. The lowest BCUT2D eigenvalue weighted by Gasteiger charge is -2.07. The van der Waals surface area contributed by atoms with E-state index >= 15 is 0 Å². The number of nitrogens with two attached hydrogens (primary N) is 1. The molecule has 5 heteroatoms. The third-order valence-corrected chi connectivity index (χ3v) is 2.80. The lowest BCUT2D eigenvalue weighted by Crippen LogP contribution is -2.12. The van der Waals surface area contributed by atoms with Gasteiger partial charge in [0.1, 0.15) is 5.75 Å². The monoisotopic (exact) mass is 215 g/mol. The fourth-order valence-electron chi connectivity index (χ4n) is 1.10. The van der Waals surface area contributed by atoms with E-state index < -0.39 is 10.0 Å². The van der Waals surface area contributed by atoms with Crippen molar-refractivity contribution in [1.29, 1.82) is 0 Å². The highest BCUT2D eigenvalue weighted by Gasteiger charge is 2.11. The van der Waals surface area contributed by atoms with Gasteiger partial charge in [0.2, 0.25) is 10.0 Å². The molecule has 3 N–H and O–H groups in total. The van der Waals surface area contributed by atoms with Gasteiger partial charge in [-0.1, -0.05) is 13.8 Å². The molecule has 0 amide bonds.